The summed E-state index contributed by atoms with van der Waals surface area (Å²) < 4.78 is 23.0. The summed E-state index contributed by atoms with van der Waals surface area (Å²) in [6.07, 6.45) is 10.3. The summed E-state index contributed by atoms with van der Waals surface area (Å²) in [6, 6.07) is 30.5. The molecule has 22 nitrogen and oxygen atoms in total. The number of allylic oxidation sites excluding steroid dienone is 1. The molecule has 22 heteroatoms. The fourth-order valence-corrected chi connectivity index (χ4v) is 6.58. The number of aliphatic hydroxyl groups is 1. The predicted octanol–water partition coefficient (Wildman–Crippen LogP) is 8.83. The number of nitrogens with one attached hydrogen (secondary N) is 4. The number of nitrogens with zero attached hydrogens (tertiary/aromatic N) is 4. The van der Waals surface area contributed by atoms with E-state index in [1.54, 1.807) is 85.9 Å². The molecule has 0 unspecified atom stereocenters. The van der Waals surface area contributed by atoms with Crippen molar-refractivity contribution in [2.24, 2.45) is 0 Å². The summed E-state index contributed by atoms with van der Waals surface area (Å²) in [5, 5.41) is 24.6. The Kier molecular flexibility index (Phi) is 24.5. The Bertz CT molecular complexity index is 3210. The van der Waals surface area contributed by atoms with Crippen LogP contribution in [0.2, 0.25) is 0 Å². The lowest BCUT2D eigenvalue weighted by molar-refractivity contribution is 0.0505. The molecule has 0 aliphatic heterocycles. The van der Waals surface area contributed by atoms with E-state index in [4.69, 9.17) is 24.1 Å². The largest absolute Gasteiger partial charge is 0.507 e. The zero-order valence-electron chi connectivity index (χ0n) is 43.7. The normalized spacial score (nSPS) is 10.3. The molecule has 6 heterocycles. The number of esters is 4. The molecular formula is C56H60N8O14. The Morgan fingerprint density at radius 3 is 1.41 bits per heavy atom. The molecule has 0 aliphatic rings. The van der Waals surface area contributed by atoms with Crippen LogP contribution in [0.25, 0.3) is 5.76 Å². The van der Waals surface area contributed by atoms with Crippen LogP contribution in [0, 0.1) is 0 Å². The van der Waals surface area contributed by atoms with Gasteiger partial charge in [0.05, 0.1) is 26.4 Å². The van der Waals surface area contributed by atoms with E-state index in [0.717, 1.165) is 17.2 Å². The number of aromatic carboxylic acids is 1. The number of hydrogen-bond acceptors (Lipinski definition) is 15. The lowest BCUT2D eigenvalue weighted by atomic mass is 10.2. The van der Waals surface area contributed by atoms with Crippen molar-refractivity contribution < 1.29 is 67.5 Å². The minimum absolute atomic E-state index is 0.0101. The van der Waals surface area contributed by atoms with E-state index in [9.17, 15) is 43.5 Å². The second-order valence-electron chi connectivity index (χ2n) is 16.0. The van der Waals surface area contributed by atoms with Gasteiger partial charge in [-0.3, -0.25) is 19.5 Å². The van der Waals surface area contributed by atoms with Crippen LogP contribution in [0.3, 0.4) is 0 Å². The number of aliphatic hydroxyl groups excluding tert-OH is 1. The minimum Gasteiger partial charge on any atom is -0.507 e. The van der Waals surface area contributed by atoms with Crippen molar-refractivity contribution in [3.8, 4) is 0 Å². The SMILES string of the molecule is CCOC(=O)c1cc(C(C)=O)c[nH]1.CCOC(=O)c1cc(C(C)=O)cn1Cc1ccccc1.CCOC(=O)c1cc(C(O)=CC(=O)c2ncn[nH]2)cn1Cc1ccccc1.CCOC(=O)c1ccc[nH]1.O=C(O)c1ccc[nH]1. The topological polar surface area (TPSA) is 313 Å². The average Bonchev–Trinajstić information content (AvgIpc) is 4.30. The number of rotatable bonds is 18. The van der Waals surface area contributed by atoms with Crippen LogP contribution in [-0.4, -0.2) is 123 Å². The molecule has 0 radical (unpaired) electrons. The molecular weight excluding hydrogens is 1010 g/mol. The van der Waals surface area contributed by atoms with E-state index in [0.29, 0.717) is 66.7 Å². The number of Topliss-reactive ketones (excluding diaryl/α,β-unsaturated/α-hetero) is 2. The van der Waals surface area contributed by atoms with Crippen molar-refractivity contribution in [1.82, 2.24) is 39.3 Å². The van der Waals surface area contributed by atoms with Gasteiger partial charge in [-0.2, -0.15) is 5.10 Å². The highest BCUT2D eigenvalue weighted by Crippen LogP contribution is 2.20. The van der Waals surface area contributed by atoms with Crippen LogP contribution in [0.15, 0.2) is 147 Å². The molecule has 0 aliphatic carbocycles. The van der Waals surface area contributed by atoms with Gasteiger partial charge in [0.15, 0.2) is 17.4 Å². The molecule has 2 aromatic carbocycles. The molecule has 8 aromatic rings. The number of carbonyl (C=O) groups is 8. The number of H-pyrrole nitrogens is 4. The maximum Gasteiger partial charge on any atom is 0.354 e. The fraction of sp³-hybridized carbons (Fsp3) is 0.214. The average molecular weight is 1070 g/mol. The molecule has 6 aromatic heterocycles. The number of benzene rings is 2. The molecule has 0 spiro atoms. The highest BCUT2D eigenvalue weighted by molar-refractivity contribution is 6.05. The van der Waals surface area contributed by atoms with Crippen LogP contribution in [0.4, 0.5) is 0 Å². The van der Waals surface area contributed by atoms with Crippen molar-refractivity contribution >= 4 is 53.0 Å². The van der Waals surface area contributed by atoms with Crippen LogP contribution in [0.1, 0.15) is 142 Å². The molecule has 0 saturated carbocycles. The smallest absolute Gasteiger partial charge is 0.354 e. The van der Waals surface area contributed by atoms with Gasteiger partial charge in [-0.1, -0.05) is 60.7 Å². The Labute approximate surface area is 448 Å². The van der Waals surface area contributed by atoms with Gasteiger partial charge in [-0.05, 0) is 95.1 Å². The molecule has 0 fully saturated rings. The van der Waals surface area contributed by atoms with E-state index in [1.807, 2.05) is 60.7 Å². The maximum absolute atomic E-state index is 12.3. The van der Waals surface area contributed by atoms with E-state index in [2.05, 4.69) is 30.1 Å². The lowest BCUT2D eigenvalue weighted by Gasteiger charge is -2.08. The first kappa shape index (κ1) is 60.4. The number of ether oxygens (including phenoxy) is 4. The van der Waals surface area contributed by atoms with Gasteiger partial charge < -0.3 is 53.2 Å². The Morgan fingerprint density at radius 2 is 1.00 bits per heavy atom. The van der Waals surface area contributed by atoms with Gasteiger partial charge in [0, 0.05) is 66.8 Å². The number of hydrogen-bond donors (Lipinski definition) is 6. The van der Waals surface area contributed by atoms with Crippen molar-refractivity contribution in [1.29, 1.82) is 0 Å². The Hall–Kier alpha value is -10.1. The Balaban J connectivity index is 0.000000226. The third-order valence-electron chi connectivity index (χ3n) is 10.3. The van der Waals surface area contributed by atoms with E-state index in [-0.39, 0.29) is 47.1 Å². The predicted molar refractivity (Wildman–Crippen MR) is 284 cm³/mol. The number of carboxylic acids is 1. The van der Waals surface area contributed by atoms with Gasteiger partial charge in [0.1, 0.15) is 40.6 Å². The number of aromatic nitrogens is 8. The van der Waals surface area contributed by atoms with Crippen molar-refractivity contribution in [2.75, 3.05) is 26.4 Å². The summed E-state index contributed by atoms with van der Waals surface area (Å²) in [5.41, 5.74) is 5.09. The first-order valence-electron chi connectivity index (χ1n) is 24.2. The fourth-order valence-electron chi connectivity index (χ4n) is 6.58. The van der Waals surface area contributed by atoms with E-state index >= 15 is 0 Å². The van der Waals surface area contributed by atoms with Gasteiger partial charge >= 0.3 is 29.8 Å². The van der Waals surface area contributed by atoms with E-state index < -0.39 is 29.7 Å². The highest BCUT2D eigenvalue weighted by atomic mass is 16.5. The van der Waals surface area contributed by atoms with Gasteiger partial charge in [-0.15, -0.1) is 0 Å². The summed E-state index contributed by atoms with van der Waals surface area (Å²) in [6.45, 7) is 12.1. The first-order valence-corrected chi connectivity index (χ1v) is 24.2. The summed E-state index contributed by atoms with van der Waals surface area (Å²) >= 11 is 0. The molecule has 78 heavy (non-hydrogen) atoms. The number of ketones is 3. The first-order chi connectivity index (χ1) is 37.5. The summed E-state index contributed by atoms with van der Waals surface area (Å²) in [5.74, 6) is -3.51. The molecule has 0 saturated heterocycles. The van der Waals surface area contributed by atoms with Crippen LogP contribution in [-0.2, 0) is 32.0 Å². The zero-order valence-corrected chi connectivity index (χ0v) is 43.7. The van der Waals surface area contributed by atoms with Gasteiger partial charge in [-0.25, -0.2) is 29.0 Å². The second-order valence-corrected chi connectivity index (χ2v) is 16.0. The standard InChI is InChI=1S/C19H18N4O4.C16H17NO3.C9H11NO3.C7H9NO2.C5H5NO2/c1-2-27-19(26)15-8-14(11-23(15)10-13-6-4-3-5-7-13)16(24)9-17(25)18-20-12-21-22-18;1-3-20-16(19)15-9-14(12(2)18)11-17(15)10-13-7-5-4-6-8-13;1-3-13-9(12)8-4-7(5-10-8)6(2)11;1-2-10-7(9)6-4-3-5-8-6;7-5(8)4-2-1-3-6-4/h3-9,11-12,24H,2,10H2,1H3,(H,20,21,22);4-9,11H,3,10H2,1-2H3;4-5,10H,3H2,1-2H3;3-5,8H,2H2,1H3;1-3,6H,(H,7,8). The molecule has 8 rings (SSSR count). The van der Waals surface area contributed by atoms with Crippen molar-refractivity contribution in [3.63, 3.8) is 0 Å². The molecule has 0 bridgehead atoms. The molecule has 6 N–H and O–H groups in total. The Morgan fingerprint density at radius 1 is 0.538 bits per heavy atom. The maximum atomic E-state index is 12.3. The van der Waals surface area contributed by atoms with Gasteiger partial charge in [0.2, 0.25) is 5.78 Å². The molecule has 0 atom stereocenters. The van der Waals surface area contributed by atoms with Crippen molar-refractivity contribution in [3.05, 3.63) is 209 Å². The van der Waals surface area contributed by atoms with E-state index in [1.165, 1.54) is 44.6 Å². The third kappa shape index (κ3) is 19.3. The van der Waals surface area contributed by atoms with Crippen LogP contribution >= 0.6 is 0 Å². The summed E-state index contributed by atoms with van der Waals surface area (Å²) in [7, 11) is 0. The minimum atomic E-state index is -0.921. The number of aromatic amines is 4. The quantitative estimate of drug-likeness (QED) is 0.0154. The number of carboxylic acid groups (broad SMARTS) is 1. The monoisotopic (exact) mass is 1070 g/mol. The van der Waals surface area contributed by atoms with Crippen molar-refractivity contribution in [2.45, 2.75) is 54.6 Å². The van der Waals surface area contributed by atoms with Gasteiger partial charge in [0.25, 0.3) is 0 Å². The zero-order chi connectivity index (χ0) is 57.0. The number of carbonyl (C=O) groups excluding carboxylic acids is 7. The lowest BCUT2D eigenvalue weighted by Crippen LogP contribution is -2.12. The van der Waals surface area contributed by atoms with Crippen LogP contribution < -0.4 is 0 Å². The molecule has 408 valence electrons. The highest BCUT2D eigenvalue weighted by Gasteiger charge is 2.19. The summed E-state index contributed by atoms with van der Waals surface area (Å²) in [4.78, 5) is 102. The molecule has 0 amide bonds. The second kappa shape index (κ2) is 31.6. The van der Waals surface area contributed by atoms with Crippen LogP contribution in [0.5, 0.6) is 0 Å². The third-order valence-corrected chi connectivity index (χ3v) is 10.3.